The Kier molecular flexibility index (Phi) is 17.4. The van der Waals surface area contributed by atoms with E-state index in [2.05, 4.69) is 21.3 Å². The number of nitrogens with two attached hydrogens (primary N) is 1. The van der Waals surface area contributed by atoms with Gasteiger partial charge < -0.3 is 41.6 Å². The number of esters is 1. The van der Waals surface area contributed by atoms with Gasteiger partial charge >= 0.3 is 12.1 Å². The SMILES string of the molecule is CC[C@H](C)[C@H](NC(=O)[C@@H]1CCCN1C[C@@H](O)[C@H](Cc1ccccc1)NC(=O)[C@H](CC(N)=O)NC(=O)OCc1ccccc1)C(=O)N[C@H](C(=O)OC)C(C)C. The number of aliphatic hydroxyl groups is 1. The van der Waals surface area contributed by atoms with Crippen LogP contribution in [-0.2, 0) is 46.5 Å². The minimum absolute atomic E-state index is 0.0130. The van der Waals surface area contributed by atoms with Crippen molar-refractivity contribution in [2.24, 2.45) is 17.6 Å². The number of carbonyl (C=O) groups is 6. The summed E-state index contributed by atoms with van der Waals surface area (Å²) in [6.45, 7) is 7.69. The van der Waals surface area contributed by atoms with E-state index in [1.54, 1.807) is 43.0 Å². The Morgan fingerprint density at radius 3 is 2.07 bits per heavy atom. The van der Waals surface area contributed by atoms with Crippen LogP contribution in [0.5, 0.6) is 0 Å². The molecule has 296 valence electrons. The van der Waals surface area contributed by atoms with E-state index in [1.807, 2.05) is 50.2 Å². The lowest BCUT2D eigenvalue weighted by Gasteiger charge is -2.33. The molecular formula is C39H56N6O9. The summed E-state index contributed by atoms with van der Waals surface area (Å²) in [6, 6.07) is 13.3. The molecule has 1 aliphatic heterocycles. The highest BCUT2D eigenvalue weighted by atomic mass is 16.5. The molecule has 0 saturated carbocycles. The van der Waals surface area contributed by atoms with Gasteiger partial charge in [0.1, 0.15) is 24.7 Å². The third-order valence-corrected chi connectivity index (χ3v) is 9.62. The molecule has 15 heteroatoms. The molecule has 7 atom stereocenters. The van der Waals surface area contributed by atoms with Gasteiger partial charge in [0.25, 0.3) is 0 Å². The maximum absolute atomic E-state index is 13.8. The van der Waals surface area contributed by atoms with E-state index in [4.69, 9.17) is 15.2 Å². The topological polar surface area (TPSA) is 218 Å². The van der Waals surface area contributed by atoms with Gasteiger partial charge in [-0.1, -0.05) is 94.8 Å². The van der Waals surface area contributed by atoms with Crippen LogP contribution < -0.4 is 27.0 Å². The average molecular weight is 753 g/mol. The molecule has 0 radical (unpaired) electrons. The van der Waals surface area contributed by atoms with Crippen LogP contribution >= 0.6 is 0 Å². The lowest BCUT2D eigenvalue weighted by molar-refractivity contribution is -0.147. The number of nitrogens with one attached hydrogen (secondary N) is 4. The second kappa shape index (κ2) is 21.6. The predicted molar refractivity (Wildman–Crippen MR) is 200 cm³/mol. The molecule has 1 heterocycles. The highest BCUT2D eigenvalue weighted by Gasteiger charge is 2.38. The number of nitrogens with zero attached hydrogens (tertiary/aromatic N) is 1. The standard InChI is InChI=1S/C39H56N6O9/c1-6-25(4)34(37(50)43-33(24(2)3)38(51)53-5)44-36(49)30-18-13-19-45(30)22-31(46)28(20-26-14-9-7-10-15-26)41-35(48)29(21-32(40)47)42-39(52)54-23-27-16-11-8-12-17-27/h7-12,14-17,24-25,28-31,33-34,46H,6,13,18-23H2,1-5H3,(H2,40,47)(H,41,48)(H,42,52)(H,43,50)(H,44,49)/t25-,28-,29-,30-,31+,33-,34-/m0/s1. The van der Waals surface area contributed by atoms with Gasteiger partial charge in [-0.15, -0.1) is 0 Å². The Morgan fingerprint density at radius 2 is 1.50 bits per heavy atom. The van der Waals surface area contributed by atoms with E-state index in [0.717, 1.165) is 11.1 Å². The zero-order valence-electron chi connectivity index (χ0n) is 31.8. The van der Waals surface area contributed by atoms with Crippen LogP contribution in [0.25, 0.3) is 0 Å². The van der Waals surface area contributed by atoms with Gasteiger partial charge in [-0.25, -0.2) is 9.59 Å². The van der Waals surface area contributed by atoms with Gasteiger partial charge in [0.15, 0.2) is 0 Å². The van der Waals surface area contributed by atoms with Crippen molar-refractivity contribution in [2.75, 3.05) is 20.2 Å². The molecule has 0 bridgehead atoms. The largest absolute Gasteiger partial charge is 0.467 e. The predicted octanol–water partition coefficient (Wildman–Crippen LogP) is 1.55. The molecule has 2 aromatic rings. The van der Waals surface area contributed by atoms with Crippen molar-refractivity contribution in [2.45, 2.75) is 103 Å². The number of carbonyl (C=O) groups excluding carboxylic acids is 6. The molecule has 15 nitrogen and oxygen atoms in total. The van der Waals surface area contributed by atoms with Crippen LogP contribution in [0, 0.1) is 11.8 Å². The monoisotopic (exact) mass is 752 g/mol. The number of β-amino-alcohol motifs (C(OH)–C–C–N with tert-alkyl or cyclic N) is 1. The molecule has 2 aromatic carbocycles. The summed E-state index contributed by atoms with van der Waals surface area (Å²) in [5.74, 6) is -3.58. The van der Waals surface area contributed by atoms with Crippen molar-refractivity contribution in [3.63, 3.8) is 0 Å². The number of hydrogen-bond acceptors (Lipinski definition) is 10. The molecule has 0 aliphatic carbocycles. The summed E-state index contributed by atoms with van der Waals surface area (Å²) < 4.78 is 10.1. The van der Waals surface area contributed by atoms with Gasteiger partial charge in [0.05, 0.1) is 31.7 Å². The number of benzene rings is 2. The zero-order valence-corrected chi connectivity index (χ0v) is 31.8. The van der Waals surface area contributed by atoms with Crippen LogP contribution in [0.1, 0.15) is 64.5 Å². The van der Waals surface area contributed by atoms with Gasteiger partial charge in [0, 0.05) is 6.54 Å². The molecule has 1 fully saturated rings. The number of alkyl carbamates (subject to hydrolysis) is 1. The summed E-state index contributed by atoms with van der Waals surface area (Å²) >= 11 is 0. The zero-order chi connectivity index (χ0) is 39.8. The minimum atomic E-state index is -1.39. The van der Waals surface area contributed by atoms with E-state index in [0.29, 0.717) is 25.8 Å². The summed E-state index contributed by atoms with van der Waals surface area (Å²) in [6.07, 6.45) is -0.773. The molecule has 0 aromatic heterocycles. The lowest BCUT2D eigenvalue weighted by atomic mass is 9.96. The van der Waals surface area contributed by atoms with Crippen LogP contribution in [0.15, 0.2) is 60.7 Å². The second-order valence-electron chi connectivity index (χ2n) is 14.1. The summed E-state index contributed by atoms with van der Waals surface area (Å²) in [4.78, 5) is 79.6. The molecule has 5 amide bonds. The molecule has 54 heavy (non-hydrogen) atoms. The van der Waals surface area contributed by atoms with Crippen LogP contribution in [0.2, 0.25) is 0 Å². The fourth-order valence-electron chi connectivity index (χ4n) is 6.28. The second-order valence-corrected chi connectivity index (χ2v) is 14.1. The highest BCUT2D eigenvalue weighted by molar-refractivity contribution is 5.92. The van der Waals surface area contributed by atoms with Gasteiger partial charge in [-0.2, -0.15) is 0 Å². The van der Waals surface area contributed by atoms with E-state index in [-0.39, 0.29) is 31.4 Å². The number of methoxy groups -OCH3 is 1. The molecule has 7 N–H and O–H groups in total. The Hall–Kier alpha value is -5.02. The maximum Gasteiger partial charge on any atom is 0.408 e. The number of amides is 5. The molecule has 0 spiro atoms. The number of aliphatic hydroxyl groups excluding tert-OH is 1. The number of hydrogen-bond donors (Lipinski definition) is 6. The molecular weight excluding hydrogens is 696 g/mol. The quantitative estimate of drug-likeness (QED) is 0.107. The van der Waals surface area contributed by atoms with Crippen LogP contribution in [0.4, 0.5) is 4.79 Å². The first kappa shape index (κ1) is 43.4. The van der Waals surface area contributed by atoms with Gasteiger partial charge in [-0.3, -0.25) is 24.1 Å². The fraction of sp³-hybridized carbons (Fsp3) is 0.538. The molecule has 1 aliphatic rings. The van der Waals surface area contributed by atoms with E-state index < -0.39 is 78.4 Å². The van der Waals surface area contributed by atoms with Crippen molar-refractivity contribution in [1.82, 2.24) is 26.2 Å². The van der Waals surface area contributed by atoms with Crippen molar-refractivity contribution >= 4 is 35.7 Å². The third-order valence-electron chi connectivity index (χ3n) is 9.62. The van der Waals surface area contributed by atoms with Crippen LogP contribution in [0.3, 0.4) is 0 Å². The lowest BCUT2D eigenvalue weighted by Crippen LogP contribution is -2.59. The van der Waals surface area contributed by atoms with Crippen molar-refractivity contribution in [3.8, 4) is 0 Å². The molecule has 1 saturated heterocycles. The van der Waals surface area contributed by atoms with Crippen LogP contribution in [-0.4, -0.2) is 102 Å². The maximum atomic E-state index is 13.8. The number of likely N-dealkylation sites (tertiary alicyclic amines) is 1. The Bertz CT molecular complexity index is 1540. The van der Waals surface area contributed by atoms with Crippen molar-refractivity contribution < 1.29 is 43.3 Å². The Morgan fingerprint density at radius 1 is 0.870 bits per heavy atom. The first-order chi connectivity index (χ1) is 25.7. The number of ether oxygens (including phenoxy) is 2. The fourth-order valence-corrected chi connectivity index (χ4v) is 6.28. The van der Waals surface area contributed by atoms with E-state index in [9.17, 15) is 33.9 Å². The van der Waals surface area contributed by atoms with Crippen molar-refractivity contribution in [1.29, 1.82) is 0 Å². The molecule has 3 rings (SSSR count). The van der Waals surface area contributed by atoms with E-state index in [1.165, 1.54) is 7.11 Å². The van der Waals surface area contributed by atoms with E-state index >= 15 is 0 Å². The number of rotatable bonds is 20. The highest BCUT2D eigenvalue weighted by Crippen LogP contribution is 2.21. The Balaban J connectivity index is 1.75. The Labute approximate surface area is 317 Å². The number of primary amides is 1. The van der Waals surface area contributed by atoms with Crippen molar-refractivity contribution in [3.05, 3.63) is 71.8 Å². The summed E-state index contributed by atoms with van der Waals surface area (Å²) in [5, 5.41) is 22.5. The smallest absolute Gasteiger partial charge is 0.408 e. The average Bonchev–Trinajstić information content (AvgIpc) is 3.62. The van der Waals surface area contributed by atoms with Gasteiger partial charge in [-0.05, 0) is 48.8 Å². The normalized spacial score (nSPS) is 17.6. The first-order valence-corrected chi connectivity index (χ1v) is 18.4. The minimum Gasteiger partial charge on any atom is -0.467 e. The van der Waals surface area contributed by atoms with Gasteiger partial charge in [0.2, 0.25) is 23.6 Å². The molecule has 0 unspecified atom stereocenters. The third kappa shape index (κ3) is 13.4. The summed E-state index contributed by atoms with van der Waals surface area (Å²) in [5.41, 5.74) is 6.95. The first-order valence-electron chi connectivity index (χ1n) is 18.4. The summed E-state index contributed by atoms with van der Waals surface area (Å²) in [7, 11) is 1.25.